The number of Topliss-reactive ketones (excluding diaryl/α,β-unsaturated/α-hetero) is 1. The molecule has 2 unspecified atom stereocenters. The fraction of sp³-hybridized carbons (Fsp3) is 0.857. The number of ketones is 1. The summed E-state index contributed by atoms with van der Waals surface area (Å²) in [6.45, 7) is 2.36. The minimum absolute atomic E-state index is 0.252. The first-order chi connectivity index (χ1) is 10.5. The highest BCUT2D eigenvalue weighted by Gasteiger charge is 2.55. The number of esters is 1. The lowest BCUT2D eigenvalue weighted by molar-refractivity contribution is -0.281. The van der Waals surface area contributed by atoms with Crippen LogP contribution < -0.4 is 5.73 Å². The number of aliphatic hydroxyl groups is 2. The van der Waals surface area contributed by atoms with Crippen LogP contribution in [0.25, 0.3) is 0 Å². The highest BCUT2D eigenvalue weighted by atomic mass is 19.2. The summed E-state index contributed by atoms with van der Waals surface area (Å²) in [5, 5.41) is 19.5. The molecule has 1 aliphatic heterocycles. The molecule has 0 aliphatic carbocycles. The van der Waals surface area contributed by atoms with Crippen LogP contribution in [-0.4, -0.2) is 65.0 Å². The monoisotopic (exact) mass is 339 g/mol. The number of carbonyl (C=O) groups excluding carboxylic acids is 2. The van der Waals surface area contributed by atoms with E-state index < -0.39 is 54.9 Å². The molecule has 0 aromatic carbocycles. The fourth-order valence-electron chi connectivity index (χ4n) is 2.75. The van der Waals surface area contributed by atoms with Crippen LogP contribution in [0.1, 0.15) is 27.2 Å². The van der Waals surface area contributed by atoms with E-state index in [1.165, 1.54) is 6.92 Å². The van der Waals surface area contributed by atoms with Crippen LogP contribution in [0, 0.1) is 5.92 Å². The van der Waals surface area contributed by atoms with Gasteiger partial charge in [-0.3, -0.25) is 4.79 Å². The Morgan fingerprint density at radius 1 is 1.43 bits per heavy atom. The third-order valence-electron chi connectivity index (χ3n) is 3.85. The summed E-state index contributed by atoms with van der Waals surface area (Å²) >= 11 is 0. The van der Waals surface area contributed by atoms with Crippen molar-refractivity contribution in [1.82, 2.24) is 0 Å². The average Bonchev–Trinajstić information content (AvgIpc) is 2.44. The molecule has 134 valence electrons. The van der Waals surface area contributed by atoms with Crippen LogP contribution in [-0.2, 0) is 19.1 Å². The van der Waals surface area contributed by atoms with Crippen LogP contribution in [0.15, 0.2) is 0 Å². The first-order valence-electron chi connectivity index (χ1n) is 7.23. The van der Waals surface area contributed by atoms with E-state index in [1.807, 2.05) is 0 Å². The Labute approximate surface area is 132 Å². The molecule has 4 N–H and O–H groups in total. The van der Waals surface area contributed by atoms with E-state index >= 15 is 0 Å². The number of rotatable bonds is 6. The van der Waals surface area contributed by atoms with Crippen LogP contribution in [0.3, 0.4) is 0 Å². The molecule has 9 heteroatoms. The second-order valence-electron chi connectivity index (χ2n) is 5.94. The van der Waals surface area contributed by atoms with Crippen LogP contribution in [0.4, 0.5) is 8.78 Å². The maximum atomic E-state index is 14.2. The summed E-state index contributed by atoms with van der Waals surface area (Å²) < 4.78 is 38.0. The zero-order valence-electron chi connectivity index (χ0n) is 13.2. The summed E-state index contributed by atoms with van der Waals surface area (Å²) in [5.41, 5.74) is 5.69. The Hall–Kier alpha value is -1.16. The van der Waals surface area contributed by atoms with Gasteiger partial charge in [0.05, 0.1) is 12.7 Å². The molecule has 1 aliphatic rings. The van der Waals surface area contributed by atoms with Crippen molar-refractivity contribution in [1.29, 1.82) is 0 Å². The van der Waals surface area contributed by atoms with Gasteiger partial charge in [0.1, 0.15) is 11.9 Å². The zero-order chi connectivity index (χ0) is 17.9. The van der Waals surface area contributed by atoms with E-state index in [0.29, 0.717) is 0 Å². The largest absolute Gasteiger partial charge is 0.457 e. The number of halogens is 2. The molecular formula is C14H23F2NO6. The lowest BCUT2D eigenvalue weighted by Crippen LogP contribution is -2.64. The molecule has 1 fully saturated rings. The smallest absolute Gasteiger partial charge is 0.303 e. The van der Waals surface area contributed by atoms with Gasteiger partial charge in [-0.2, -0.15) is 0 Å². The number of nitrogens with two attached hydrogens (primary N) is 1. The van der Waals surface area contributed by atoms with Crippen molar-refractivity contribution in [3.05, 3.63) is 0 Å². The van der Waals surface area contributed by atoms with Gasteiger partial charge in [-0.05, 0) is 13.8 Å². The highest BCUT2D eigenvalue weighted by molar-refractivity contribution is 5.76. The Kier molecular flexibility index (Phi) is 6.58. The number of carbonyl (C=O) groups is 2. The number of aliphatic hydroxyl groups excluding tert-OH is 2. The summed E-state index contributed by atoms with van der Waals surface area (Å²) in [7, 11) is 0. The van der Waals surface area contributed by atoms with E-state index in [4.69, 9.17) is 15.2 Å². The second-order valence-corrected chi connectivity index (χ2v) is 5.94. The third kappa shape index (κ3) is 4.66. The first kappa shape index (κ1) is 19.9. The van der Waals surface area contributed by atoms with E-state index in [1.54, 1.807) is 0 Å². The molecule has 1 rings (SSSR count). The average molecular weight is 339 g/mol. The van der Waals surface area contributed by atoms with Crippen molar-refractivity contribution in [3.63, 3.8) is 0 Å². The molecule has 0 aromatic rings. The maximum absolute atomic E-state index is 14.2. The summed E-state index contributed by atoms with van der Waals surface area (Å²) in [4.78, 5) is 22.4. The first-order valence-corrected chi connectivity index (χ1v) is 7.23. The number of alkyl halides is 2. The minimum Gasteiger partial charge on any atom is -0.457 e. The maximum Gasteiger partial charge on any atom is 0.303 e. The van der Waals surface area contributed by atoms with Gasteiger partial charge < -0.3 is 30.2 Å². The van der Waals surface area contributed by atoms with Crippen molar-refractivity contribution in [2.24, 2.45) is 11.7 Å². The Morgan fingerprint density at radius 3 is 2.43 bits per heavy atom. The fourth-order valence-corrected chi connectivity index (χ4v) is 2.75. The second kappa shape index (κ2) is 7.61. The highest BCUT2D eigenvalue weighted by Crippen LogP contribution is 2.38. The summed E-state index contributed by atoms with van der Waals surface area (Å²) in [5.74, 6) is -4.95. The Balaban J connectivity index is 3.09. The molecular weight excluding hydrogens is 316 g/mol. The van der Waals surface area contributed by atoms with Crippen molar-refractivity contribution in [2.45, 2.75) is 63.6 Å². The van der Waals surface area contributed by atoms with E-state index in [9.17, 15) is 28.6 Å². The predicted molar refractivity (Wildman–Crippen MR) is 74.7 cm³/mol. The van der Waals surface area contributed by atoms with Gasteiger partial charge in [0.2, 0.25) is 5.85 Å². The predicted octanol–water partition coefficient (Wildman–Crippen LogP) is -0.383. The summed E-state index contributed by atoms with van der Waals surface area (Å²) in [6.07, 6.45) is -6.96. The molecule has 0 bridgehead atoms. The van der Waals surface area contributed by atoms with Gasteiger partial charge in [0, 0.05) is 25.3 Å². The van der Waals surface area contributed by atoms with Gasteiger partial charge in [-0.25, -0.2) is 8.78 Å². The number of ether oxygens (including phenoxy) is 2. The molecule has 7 nitrogen and oxygen atoms in total. The molecule has 1 heterocycles. The molecule has 1 saturated heterocycles. The van der Waals surface area contributed by atoms with Gasteiger partial charge >= 0.3 is 5.97 Å². The summed E-state index contributed by atoms with van der Waals surface area (Å²) in [6, 6.07) is -1.40. The lowest BCUT2D eigenvalue weighted by Gasteiger charge is -2.46. The molecule has 0 spiro atoms. The normalized spacial score (nSPS) is 37.0. The number of hydrogen-bond acceptors (Lipinski definition) is 7. The van der Waals surface area contributed by atoms with Gasteiger partial charge in [0.25, 0.3) is 0 Å². The molecule has 0 saturated carbocycles. The molecule has 0 radical (unpaired) electrons. The number of hydrogen-bond donors (Lipinski definition) is 3. The SMILES string of the molecule is CC(=O)C[C@H]1C([C@H](O)[C@@H](CO)OC(C)=O)O[C@](C)(F)C(F)[C@H]1N. The van der Waals surface area contributed by atoms with E-state index in [0.717, 1.165) is 13.8 Å². The van der Waals surface area contributed by atoms with Crippen LogP contribution in [0.2, 0.25) is 0 Å². The third-order valence-corrected chi connectivity index (χ3v) is 3.85. The van der Waals surface area contributed by atoms with Gasteiger partial charge in [0.15, 0.2) is 12.3 Å². The Bertz CT molecular complexity index is 447. The zero-order valence-corrected chi connectivity index (χ0v) is 13.2. The standard InChI is InChI=1S/C14H23F2NO6/c1-6(19)4-8-10(17)13(15)14(3,16)23-12(8)11(21)9(5-18)22-7(2)20/h8-13,18,21H,4-5,17H2,1-3H3/t8-,9-,10+,11-,12?,13?,14+/m1/s1. The van der Waals surface area contributed by atoms with Crippen molar-refractivity contribution >= 4 is 11.8 Å². The van der Waals surface area contributed by atoms with E-state index in [2.05, 4.69) is 0 Å². The van der Waals surface area contributed by atoms with Crippen molar-refractivity contribution < 1.29 is 38.1 Å². The molecule has 0 aromatic heterocycles. The van der Waals surface area contributed by atoms with E-state index in [-0.39, 0.29) is 12.2 Å². The quantitative estimate of drug-likeness (QED) is 0.564. The molecule has 23 heavy (non-hydrogen) atoms. The van der Waals surface area contributed by atoms with Crippen molar-refractivity contribution in [3.8, 4) is 0 Å². The van der Waals surface area contributed by atoms with Crippen molar-refractivity contribution in [2.75, 3.05) is 6.61 Å². The van der Waals surface area contributed by atoms with Crippen LogP contribution in [0.5, 0.6) is 0 Å². The van der Waals surface area contributed by atoms with Crippen LogP contribution >= 0.6 is 0 Å². The van der Waals surface area contributed by atoms with Gasteiger partial charge in [-0.1, -0.05) is 0 Å². The molecule has 7 atom stereocenters. The Morgan fingerprint density at radius 2 is 2.00 bits per heavy atom. The lowest BCUT2D eigenvalue weighted by atomic mass is 9.79. The minimum atomic E-state index is -2.78. The molecule has 0 amide bonds. The topological polar surface area (TPSA) is 119 Å². The van der Waals surface area contributed by atoms with Gasteiger partial charge in [-0.15, -0.1) is 0 Å².